The molecule has 0 aliphatic rings. The molecule has 7 heteroatoms. The van der Waals surface area contributed by atoms with E-state index in [-0.39, 0.29) is 0 Å². The molecule has 0 radical (unpaired) electrons. The van der Waals surface area contributed by atoms with Crippen LogP contribution in [-0.2, 0) is 0 Å². The van der Waals surface area contributed by atoms with E-state index in [1.807, 2.05) is 12.1 Å². The van der Waals surface area contributed by atoms with Crippen LogP contribution >= 0.6 is 0 Å². The number of nitrogens with one attached hydrogen (secondary N) is 2. The van der Waals surface area contributed by atoms with Crippen LogP contribution in [0.5, 0.6) is 17.2 Å². The summed E-state index contributed by atoms with van der Waals surface area (Å²) in [5.41, 5.74) is 0.769. The number of nitrogens with zero attached hydrogens (tertiary/aromatic N) is 2. The van der Waals surface area contributed by atoms with Crippen LogP contribution in [-0.4, -0.2) is 38.3 Å². The van der Waals surface area contributed by atoms with Gasteiger partial charge in [0.1, 0.15) is 17.8 Å². The highest BCUT2D eigenvalue weighted by molar-refractivity contribution is 5.70. The third-order valence-electron chi connectivity index (χ3n) is 2.86. The Labute approximate surface area is 123 Å². The molecule has 0 fully saturated rings. The van der Waals surface area contributed by atoms with E-state index < -0.39 is 0 Å². The molecule has 2 N–H and O–H groups in total. The Hall–Kier alpha value is -2.70. The maximum Gasteiger partial charge on any atom is 0.204 e. The van der Waals surface area contributed by atoms with Crippen LogP contribution in [0.2, 0.25) is 0 Å². The average molecular weight is 290 g/mol. The highest BCUT2D eigenvalue weighted by atomic mass is 16.5. The number of anilines is 3. The van der Waals surface area contributed by atoms with Gasteiger partial charge in [-0.05, 0) is 0 Å². The molecule has 7 nitrogen and oxygen atoms in total. The van der Waals surface area contributed by atoms with Gasteiger partial charge >= 0.3 is 0 Å². The molecule has 0 unspecified atom stereocenters. The van der Waals surface area contributed by atoms with Crippen LogP contribution in [0.25, 0.3) is 0 Å². The number of benzene rings is 1. The first-order valence-electron chi connectivity index (χ1n) is 6.28. The molecule has 2 rings (SSSR count). The van der Waals surface area contributed by atoms with Crippen molar-refractivity contribution in [2.75, 3.05) is 39.0 Å². The van der Waals surface area contributed by atoms with Gasteiger partial charge in [0.05, 0.1) is 21.3 Å². The Morgan fingerprint density at radius 1 is 0.857 bits per heavy atom. The van der Waals surface area contributed by atoms with E-state index in [1.165, 1.54) is 6.33 Å². The fraction of sp³-hybridized carbons (Fsp3) is 0.286. The summed E-state index contributed by atoms with van der Waals surface area (Å²) >= 11 is 0. The van der Waals surface area contributed by atoms with E-state index in [9.17, 15) is 0 Å². The number of hydrogen-bond acceptors (Lipinski definition) is 7. The number of methoxy groups -OCH3 is 3. The predicted octanol–water partition coefficient (Wildman–Crippen LogP) is 2.29. The Bertz CT molecular complexity index is 597. The molecule has 0 atom stereocenters. The molecule has 0 spiro atoms. The Balaban J connectivity index is 2.38. The number of ether oxygens (including phenoxy) is 3. The molecule has 0 bridgehead atoms. The smallest absolute Gasteiger partial charge is 0.204 e. The van der Waals surface area contributed by atoms with Gasteiger partial charge in [-0.1, -0.05) is 0 Å². The zero-order valence-electron chi connectivity index (χ0n) is 12.4. The third-order valence-corrected chi connectivity index (χ3v) is 2.86. The van der Waals surface area contributed by atoms with E-state index >= 15 is 0 Å². The fourth-order valence-electron chi connectivity index (χ4n) is 1.85. The second-order valence-corrected chi connectivity index (χ2v) is 4.08. The van der Waals surface area contributed by atoms with Crippen LogP contribution < -0.4 is 24.8 Å². The Morgan fingerprint density at radius 3 is 2.00 bits per heavy atom. The Kier molecular flexibility index (Phi) is 4.65. The predicted molar refractivity (Wildman–Crippen MR) is 81.0 cm³/mol. The Morgan fingerprint density at radius 2 is 1.48 bits per heavy atom. The first-order valence-corrected chi connectivity index (χ1v) is 6.28. The van der Waals surface area contributed by atoms with Crippen LogP contribution in [0.1, 0.15) is 0 Å². The van der Waals surface area contributed by atoms with E-state index in [2.05, 4.69) is 20.6 Å². The van der Waals surface area contributed by atoms with E-state index in [0.717, 1.165) is 5.69 Å². The van der Waals surface area contributed by atoms with Crippen molar-refractivity contribution in [2.45, 2.75) is 0 Å². The van der Waals surface area contributed by atoms with E-state index in [1.54, 1.807) is 34.4 Å². The summed E-state index contributed by atoms with van der Waals surface area (Å²) < 4.78 is 15.8. The second-order valence-electron chi connectivity index (χ2n) is 4.08. The van der Waals surface area contributed by atoms with Gasteiger partial charge in [-0.15, -0.1) is 0 Å². The van der Waals surface area contributed by atoms with Crippen molar-refractivity contribution in [3.8, 4) is 17.2 Å². The maximum absolute atomic E-state index is 5.34. The molecular weight excluding hydrogens is 272 g/mol. The van der Waals surface area contributed by atoms with E-state index in [4.69, 9.17) is 14.2 Å². The summed E-state index contributed by atoms with van der Waals surface area (Å²) in [6, 6.07) is 5.47. The van der Waals surface area contributed by atoms with Gasteiger partial charge < -0.3 is 24.8 Å². The van der Waals surface area contributed by atoms with Crippen LogP contribution in [0, 0.1) is 0 Å². The van der Waals surface area contributed by atoms with Crippen molar-refractivity contribution in [3.63, 3.8) is 0 Å². The van der Waals surface area contributed by atoms with Gasteiger partial charge in [0, 0.05) is 30.9 Å². The SMILES string of the molecule is CNc1ncnc(Nc2cc(OC)cc(OC)c2)c1OC. The summed E-state index contributed by atoms with van der Waals surface area (Å²) in [6.07, 6.45) is 1.45. The van der Waals surface area contributed by atoms with Crippen LogP contribution in [0.4, 0.5) is 17.3 Å². The van der Waals surface area contributed by atoms with Crippen LogP contribution in [0.3, 0.4) is 0 Å². The summed E-state index contributed by atoms with van der Waals surface area (Å²) in [6.45, 7) is 0. The van der Waals surface area contributed by atoms with Gasteiger partial charge in [0.2, 0.25) is 5.75 Å². The lowest BCUT2D eigenvalue weighted by Gasteiger charge is -2.14. The molecule has 21 heavy (non-hydrogen) atoms. The van der Waals surface area contributed by atoms with Gasteiger partial charge in [-0.25, -0.2) is 9.97 Å². The summed E-state index contributed by atoms with van der Waals surface area (Å²) in [5.74, 6) is 3.04. The zero-order valence-corrected chi connectivity index (χ0v) is 12.4. The molecule has 1 heterocycles. The van der Waals surface area contributed by atoms with Crippen molar-refractivity contribution in [2.24, 2.45) is 0 Å². The molecule has 1 aromatic heterocycles. The molecule has 112 valence electrons. The minimum absolute atomic E-state index is 0.529. The molecule has 0 aliphatic carbocycles. The fourth-order valence-corrected chi connectivity index (χ4v) is 1.85. The molecule has 0 amide bonds. The maximum atomic E-state index is 5.34. The normalized spacial score (nSPS) is 9.90. The highest BCUT2D eigenvalue weighted by Gasteiger charge is 2.12. The number of hydrogen-bond donors (Lipinski definition) is 2. The summed E-state index contributed by atoms with van der Waals surface area (Å²) in [7, 11) is 6.53. The standard InChI is InChI=1S/C14H18N4O3/c1-15-13-12(21-4)14(17-8-16-13)18-9-5-10(19-2)7-11(6-9)20-3/h5-8H,1-4H3,(H2,15,16,17,18). The lowest BCUT2D eigenvalue weighted by molar-refractivity contribution is 0.394. The molecular formula is C14H18N4O3. The quantitative estimate of drug-likeness (QED) is 0.845. The zero-order chi connectivity index (χ0) is 15.2. The summed E-state index contributed by atoms with van der Waals surface area (Å²) in [4.78, 5) is 8.30. The molecule has 0 saturated carbocycles. The summed E-state index contributed by atoms with van der Waals surface area (Å²) in [5, 5.41) is 6.12. The van der Waals surface area contributed by atoms with Crippen molar-refractivity contribution in [1.82, 2.24) is 9.97 Å². The largest absolute Gasteiger partial charge is 0.497 e. The first-order chi connectivity index (χ1) is 10.2. The molecule has 0 saturated heterocycles. The van der Waals surface area contributed by atoms with Gasteiger partial charge in [0.25, 0.3) is 0 Å². The van der Waals surface area contributed by atoms with E-state index in [0.29, 0.717) is 28.9 Å². The van der Waals surface area contributed by atoms with Crippen molar-refractivity contribution >= 4 is 17.3 Å². The lowest BCUT2D eigenvalue weighted by atomic mass is 10.2. The number of rotatable bonds is 6. The van der Waals surface area contributed by atoms with Gasteiger partial charge in [-0.3, -0.25) is 0 Å². The van der Waals surface area contributed by atoms with Gasteiger partial charge in [-0.2, -0.15) is 0 Å². The average Bonchev–Trinajstić information content (AvgIpc) is 2.54. The minimum atomic E-state index is 0.529. The molecule has 1 aromatic carbocycles. The molecule has 2 aromatic rings. The van der Waals surface area contributed by atoms with Crippen LogP contribution in [0.15, 0.2) is 24.5 Å². The number of aromatic nitrogens is 2. The first kappa shape index (κ1) is 14.7. The third kappa shape index (κ3) is 3.25. The monoisotopic (exact) mass is 290 g/mol. The van der Waals surface area contributed by atoms with Crippen molar-refractivity contribution < 1.29 is 14.2 Å². The minimum Gasteiger partial charge on any atom is -0.497 e. The second kappa shape index (κ2) is 6.65. The lowest BCUT2D eigenvalue weighted by Crippen LogP contribution is -2.03. The molecule has 0 aliphatic heterocycles. The topological polar surface area (TPSA) is 77.5 Å². The van der Waals surface area contributed by atoms with Gasteiger partial charge in [0.15, 0.2) is 11.6 Å². The van der Waals surface area contributed by atoms with Crippen molar-refractivity contribution in [3.05, 3.63) is 24.5 Å². The van der Waals surface area contributed by atoms with Crippen molar-refractivity contribution in [1.29, 1.82) is 0 Å². The highest BCUT2D eigenvalue weighted by Crippen LogP contribution is 2.33.